The zero-order valence-corrected chi connectivity index (χ0v) is 10.2. The topological polar surface area (TPSA) is 58.6 Å². The van der Waals surface area contributed by atoms with E-state index in [1.165, 1.54) is 0 Å². The number of nitrogens with one attached hydrogen (secondary N) is 1. The predicted octanol–water partition coefficient (Wildman–Crippen LogP) is 0.148. The van der Waals surface area contributed by atoms with E-state index in [4.69, 9.17) is 4.74 Å². The van der Waals surface area contributed by atoms with Gasteiger partial charge in [0.2, 0.25) is 11.8 Å². The zero-order valence-electron chi connectivity index (χ0n) is 10.2. The van der Waals surface area contributed by atoms with Gasteiger partial charge in [0.15, 0.2) is 0 Å². The largest absolute Gasteiger partial charge is 0.383 e. The van der Waals surface area contributed by atoms with Crippen LogP contribution in [0.25, 0.3) is 0 Å². The van der Waals surface area contributed by atoms with Gasteiger partial charge in [-0.1, -0.05) is 0 Å². The Balaban J connectivity index is 2.51. The first kappa shape index (κ1) is 13.0. The molecule has 1 unspecified atom stereocenters. The summed E-state index contributed by atoms with van der Waals surface area (Å²) in [7, 11) is 1.59. The lowest BCUT2D eigenvalue weighted by Crippen LogP contribution is -2.48. The van der Waals surface area contributed by atoms with Gasteiger partial charge in [-0.05, 0) is 20.3 Å². The van der Waals surface area contributed by atoms with E-state index in [2.05, 4.69) is 5.32 Å². The molecule has 1 heterocycles. The van der Waals surface area contributed by atoms with Crippen LogP contribution in [-0.4, -0.2) is 49.1 Å². The summed E-state index contributed by atoms with van der Waals surface area (Å²) in [6.07, 6.45) is 1.09. The quantitative estimate of drug-likeness (QED) is 0.681. The van der Waals surface area contributed by atoms with Gasteiger partial charge in [-0.3, -0.25) is 9.59 Å². The van der Waals surface area contributed by atoms with E-state index < -0.39 is 0 Å². The first-order valence-electron chi connectivity index (χ1n) is 5.65. The van der Waals surface area contributed by atoms with Gasteiger partial charge in [0.05, 0.1) is 6.61 Å². The molecule has 1 N–H and O–H groups in total. The van der Waals surface area contributed by atoms with Crippen molar-refractivity contribution in [2.75, 3.05) is 20.3 Å². The van der Waals surface area contributed by atoms with E-state index in [0.717, 1.165) is 0 Å². The third kappa shape index (κ3) is 2.95. The van der Waals surface area contributed by atoms with Crippen molar-refractivity contribution in [2.24, 2.45) is 0 Å². The summed E-state index contributed by atoms with van der Waals surface area (Å²) in [5.74, 6) is -0.00140. The lowest BCUT2D eigenvalue weighted by Gasteiger charge is -2.27. The molecule has 92 valence electrons. The number of hydrogen-bond acceptors (Lipinski definition) is 3. The van der Waals surface area contributed by atoms with E-state index in [1.807, 2.05) is 13.8 Å². The SMILES string of the molecule is COCCNC(=O)C1CCC(=O)N1C(C)C. The molecule has 1 saturated heterocycles. The Morgan fingerprint density at radius 2 is 2.31 bits per heavy atom. The Labute approximate surface area is 96.1 Å². The number of methoxy groups -OCH3 is 1. The van der Waals surface area contributed by atoms with Crippen LogP contribution in [0.5, 0.6) is 0 Å². The smallest absolute Gasteiger partial charge is 0.242 e. The molecule has 1 aliphatic rings. The summed E-state index contributed by atoms with van der Waals surface area (Å²) in [4.78, 5) is 25.1. The molecule has 5 nitrogen and oxygen atoms in total. The van der Waals surface area contributed by atoms with Gasteiger partial charge in [-0.15, -0.1) is 0 Å². The van der Waals surface area contributed by atoms with Crippen molar-refractivity contribution >= 4 is 11.8 Å². The summed E-state index contributed by atoms with van der Waals surface area (Å²) in [6.45, 7) is 4.84. The van der Waals surface area contributed by atoms with Gasteiger partial charge in [0.1, 0.15) is 6.04 Å². The molecule has 0 aliphatic carbocycles. The molecule has 2 amide bonds. The fourth-order valence-electron chi connectivity index (χ4n) is 2.00. The van der Waals surface area contributed by atoms with Crippen molar-refractivity contribution in [1.29, 1.82) is 0 Å². The van der Waals surface area contributed by atoms with Crippen LogP contribution in [0, 0.1) is 0 Å². The molecule has 5 heteroatoms. The molecule has 1 atom stereocenters. The highest BCUT2D eigenvalue weighted by molar-refractivity contribution is 5.91. The minimum Gasteiger partial charge on any atom is -0.383 e. The van der Waals surface area contributed by atoms with E-state index >= 15 is 0 Å². The summed E-state index contributed by atoms with van der Waals surface area (Å²) in [5.41, 5.74) is 0. The molecule has 0 spiro atoms. The number of carbonyl (C=O) groups is 2. The molecular weight excluding hydrogens is 208 g/mol. The highest BCUT2D eigenvalue weighted by atomic mass is 16.5. The lowest BCUT2D eigenvalue weighted by atomic mass is 10.2. The predicted molar refractivity (Wildman–Crippen MR) is 59.9 cm³/mol. The Hall–Kier alpha value is -1.10. The second-order valence-electron chi connectivity index (χ2n) is 4.23. The minimum atomic E-state index is -0.302. The van der Waals surface area contributed by atoms with Gasteiger partial charge in [-0.2, -0.15) is 0 Å². The van der Waals surface area contributed by atoms with Crippen molar-refractivity contribution in [3.63, 3.8) is 0 Å². The minimum absolute atomic E-state index is 0.0712. The lowest BCUT2D eigenvalue weighted by molar-refractivity contribution is -0.137. The van der Waals surface area contributed by atoms with Crippen LogP contribution in [0.2, 0.25) is 0 Å². The van der Waals surface area contributed by atoms with Crippen LogP contribution < -0.4 is 5.32 Å². The summed E-state index contributed by atoms with van der Waals surface area (Å²) < 4.78 is 4.86. The standard InChI is InChI=1S/C11H20N2O3/c1-8(2)13-9(4-5-10(13)14)11(15)12-6-7-16-3/h8-9H,4-7H2,1-3H3,(H,12,15). The van der Waals surface area contributed by atoms with Crippen LogP contribution in [0.4, 0.5) is 0 Å². The van der Waals surface area contributed by atoms with Crippen LogP contribution in [-0.2, 0) is 14.3 Å². The van der Waals surface area contributed by atoms with E-state index in [0.29, 0.717) is 26.0 Å². The van der Waals surface area contributed by atoms with Crippen molar-refractivity contribution in [3.05, 3.63) is 0 Å². The highest BCUT2D eigenvalue weighted by Crippen LogP contribution is 2.21. The number of hydrogen-bond donors (Lipinski definition) is 1. The number of rotatable bonds is 5. The Morgan fingerprint density at radius 3 is 2.88 bits per heavy atom. The average molecular weight is 228 g/mol. The normalized spacial score (nSPS) is 20.6. The molecule has 1 rings (SSSR count). The number of carbonyl (C=O) groups excluding carboxylic acids is 2. The van der Waals surface area contributed by atoms with Gasteiger partial charge >= 0.3 is 0 Å². The number of ether oxygens (including phenoxy) is 1. The van der Waals surface area contributed by atoms with Crippen LogP contribution in [0.15, 0.2) is 0 Å². The summed E-state index contributed by atoms with van der Waals surface area (Å²) in [6, 6.07) is -0.225. The Bertz CT molecular complexity index is 266. The molecule has 0 aromatic heterocycles. The fraction of sp³-hybridized carbons (Fsp3) is 0.818. The van der Waals surface area contributed by atoms with Crippen molar-refractivity contribution < 1.29 is 14.3 Å². The molecule has 1 fully saturated rings. The average Bonchev–Trinajstić information content (AvgIpc) is 2.60. The number of amides is 2. The maximum absolute atomic E-state index is 11.8. The van der Waals surface area contributed by atoms with E-state index in [9.17, 15) is 9.59 Å². The second kappa shape index (κ2) is 5.84. The maximum atomic E-state index is 11.8. The molecule has 1 aliphatic heterocycles. The van der Waals surface area contributed by atoms with Crippen molar-refractivity contribution in [2.45, 2.75) is 38.8 Å². The Morgan fingerprint density at radius 1 is 1.62 bits per heavy atom. The molecule has 0 bridgehead atoms. The van der Waals surface area contributed by atoms with Crippen molar-refractivity contribution in [1.82, 2.24) is 10.2 Å². The third-order valence-electron chi connectivity index (χ3n) is 2.72. The van der Waals surface area contributed by atoms with Gasteiger partial charge in [0.25, 0.3) is 0 Å². The fourth-order valence-corrected chi connectivity index (χ4v) is 2.00. The number of likely N-dealkylation sites (tertiary alicyclic amines) is 1. The Kier molecular flexibility index (Phi) is 4.73. The van der Waals surface area contributed by atoms with Crippen LogP contribution in [0.3, 0.4) is 0 Å². The molecule has 0 radical (unpaired) electrons. The van der Waals surface area contributed by atoms with E-state index in [-0.39, 0.29) is 23.9 Å². The van der Waals surface area contributed by atoms with E-state index in [1.54, 1.807) is 12.0 Å². The van der Waals surface area contributed by atoms with Crippen LogP contribution >= 0.6 is 0 Å². The zero-order chi connectivity index (χ0) is 12.1. The van der Waals surface area contributed by atoms with Crippen molar-refractivity contribution in [3.8, 4) is 0 Å². The number of nitrogens with zero attached hydrogens (tertiary/aromatic N) is 1. The molecule has 16 heavy (non-hydrogen) atoms. The molecule has 0 aromatic carbocycles. The molecule has 0 aromatic rings. The first-order valence-corrected chi connectivity index (χ1v) is 5.65. The first-order chi connectivity index (χ1) is 7.57. The monoisotopic (exact) mass is 228 g/mol. The van der Waals surface area contributed by atoms with Crippen LogP contribution in [0.1, 0.15) is 26.7 Å². The third-order valence-corrected chi connectivity index (χ3v) is 2.72. The van der Waals surface area contributed by atoms with Gasteiger partial charge < -0.3 is 15.0 Å². The second-order valence-corrected chi connectivity index (χ2v) is 4.23. The molecular formula is C11H20N2O3. The highest BCUT2D eigenvalue weighted by Gasteiger charge is 2.37. The maximum Gasteiger partial charge on any atom is 0.242 e. The van der Waals surface area contributed by atoms with Gasteiger partial charge in [-0.25, -0.2) is 0 Å². The van der Waals surface area contributed by atoms with Gasteiger partial charge in [0, 0.05) is 26.1 Å². The summed E-state index contributed by atoms with van der Waals surface area (Å²) in [5, 5.41) is 2.77. The summed E-state index contributed by atoms with van der Waals surface area (Å²) >= 11 is 0. The molecule has 0 saturated carbocycles.